The second kappa shape index (κ2) is 4.49. The lowest BCUT2D eigenvalue weighted by Crippen LogP contribution is -2.03. The van der Waals surface area contributed by atoms with E-state index in [9.17, 15) is 4.79 Å². The molecule has 1 aliphatic heterocycles. The van der Waals surface area contributed by atoms with E-state index in [1.807, 2.05) is 12.1 Å². The van der Waals surface area contributed by atoms with Crippen molar-refractivity contribution in [3.8, 4) is 11.5 Å². The molecular weight excluding hydrogens is 220 g/mol. The maximum absolute atomic E-state index is 10.8. The van der Waals surface area contributed by atoms with E-state index in [2.05, 4.69) is 6.58 Å². The molecule has 2 rings (SSSR count). The van der Waals surface area contributed by atoms with Gasteiger partial charge in [0.2, 0.25) is 0 Å². The highest BCUT2D eigenvalue weighted by Crippen LogP contribution is 2.33. The van der Waals surface area contributed by atoms with Gasteiger partial charge in [-0.05, 0) is 12.1 Å². The van der Waals surface area contributed by atoms with Crippen LogP contribution in [0.1, 0.15) is 11.1 Å². The Hall–Kier alpha value is -1.97. The summed E-state index contributed by atoms with van der Waals surface area (Å²) >= 11 is 0. The lowest BCUT2D eigenvalue weighted by molar-refractivity contribution is -0.132. The van der Waals surface area contributed by atoms with Crippen molar-refractivity contribution in [2.75, 3.05) is 13.7 Å². The van der Waals surface area contributed by atoms with Gasteiger partial charge in [0, 0.05) is 29.5 Å². The summed E-state index contributed by atoms with van der Waals surface area (Å²) in [4.78, 5) is 10.8. The fraction of sp³-hybridized carbons (Fsp3) is 0.308. The first-order valence-corrected chi connectivity index (χ1v) is 5.35. The number of carbonyl (C=O) groups is 1. The van der Waals surface area contributed by atoms with Crippen LogP contribution >= 0.6 is 0 Å². The molecule has 90 valence electrons. The molecule has 1 heterocycles. The second-order valence-electron chi connectivity index (χ2n) is 3.96. The van der Waals surface area contributed by atoms with Gasteiger partial charge in [-0.3, -0.25) is 0 Å². The lowest BCUT2D eigenvalue weighted by Gasteiger charge is -2.10. The molecule has 1 aliphatic rings. The maximum atomic E-state index is 10.8. The van der Waals surface area contributed by atoms with E-state index in [0.717, 1.165) is 23.3 Å². The fourth-order valence-corrected chi connectivity index (χ4v) is 1.88. The van der Waals surface area contributed by atoms with Crippen molar-refractivity contribution in [1.29, 1.82) is 0 Å². The zero-order chi connectivity index (χ0) is 12.4. The number of benzene rings is 1. The van der Waals surface area contributed by atoms with E-state index in [-0.39, 0.29) is 12.0 Å². The van der Waals surface area contributed by atoms with Gasteiger partial charge in [-0.2, -0.15) is 0 Å². The molecule has 4 nitrogen and oxygen atoms in total. The summed E-state index contributed by atoms with van der Waals surface area (Å²) in [6.45, 7) is 4.19. The van der Waals surface area contributed by atoms with Crippen molar-refractivity contribution in [3.63, 3.8) is 0 Å². The Labute approximate surface area is 99.5 Å². The van der Waals surface area contributed by atoms with Crippen molar-refractivity contribution >= 4 is 5.97 Å². The number of hydrogen-bond donors (Lipinski definition) is 1. The summed E-state index contributed by atoms with van der Waals surface area (Å²) < 4.78 is 10.7. The molecule has 1 N–H and O–H groups in total. The predicted molar refractivity (Wildman–Crippen MR) is 62.7 cm³/mol. The molecule has 1 aromatic rings. The molecule has 0 radical (unpaired) electrons. The molecule has 0 bridgehead atoms. The Morgan fingerprint density at radius 3 is 3.00 bits per heavy atom. The van der Waals surface area contributed by atoms with Crippen LogP contribution in [0.25, 0.3) is 0 Å². The Morgan fingerprint density at radius 2 is 2.35 bits per heavy atom. The number of carboxylic acid groups (broad SMARTS) is 1. The number of ether oxygens (including phenoxy) is 2. The molecule has 0 spiro atoms. The van der Waals surface area contributed by atoms with Crippen molar-refractivity contribution in [3.05, 3.63) is 35.4 Å². The van der Waals surface area contributed by atoms with Crippen LogP contribution in [-0.2, 0) is 17.6 Å². The van der Waals surface area contributed by atoms with Gasteiger partial charge in [0.25, 0.3) is 0 Å². The topological polar surface area (TPSA) is 55.8 Å². The summed E-state index contributed by atoms with van der Waals surface area (Å²) in [7, 11) is 1.57. The van der Waals surface area contributed by atoms with Crippen LogP contribution in [0.3, 0.4) is 0 Å². The van der Waals surface area contributed by atoms with Crippen LogP contribution in [-0.4, -0.2) is 24.8 Å². The van der Waals surface area contributed by atoms with Gasteiger partial charge in [0.15, 0.2) is 0 Å². The van der Waals surface area contributed by atoms with Crippen molar-refractivity contribution in [1.82, 2.24) is 0 Å². The van der Waals surface area contributed by atoms with Gasteiger partial charge >= 0.3 is 5.97 Å². The molecule has 1 aromatic carbocycles. The zero-order valence-corrected chi connectivity index (χ0v) is 9.66. The Morgan fingerprint density at radius 1 is 1.59 bits per heavy atom. The van der Waals surface area contributed by atoms with E-state index in [4.69, 9.17) is 14.6 Å². The van der Waals surface area contributed by atoms with Crippen LogP contribution in [0.2, 0.25) is 0 Å². The largest absolute Gasteiger partial charge is 0.496 e. The first kappa shape index (κ1) is 11.5. The first-order valence-electron chi connectivity index (χ1n) is 5.35. The molecular formula is C13H14O4. The van der Waals surface area contributed by atoms with Gasteiger partial charge < -0.3 is 14.6 Å². The molecule has 0 saturated carbocycles. The minimum absolute atomic E-state index is 0.140. The summed E-state index contributed by atoms with van der Waals surface area (Å²) in [6, 6.07) is 3.75. The summed E-state index contributed by atoms with van der Waals surface area (Å²) in [5.74, 6) is 0.518. The van der Waals surface area contributed by atoms with Crippen molar-refractivity contribution in [2.45, 2.75) is 12.8 Å². The number of methoxy groups -OCH3 is 1. The van der Waals surface area contributed by atoms with Crippen LogP contribution in [0.4, 0.5) is 0 Å². The first-order chi connectivity index (χ1) is 8.11. The van der Waals surface area contributed by atoms with E-state index in [1.165, 1.54) is 0 Å². The van der Waals surface area contributed by atoms with Gasteiger partial charge in [0.1, 0.15) is 11.5 Å². The third kappa shape index (κ3) is 2.25. The third-order valence-corrected chi connectivity index (χ3v) is 2.80. The zero-order valence-electron chi connectivity index (χ0n) is 9.66. The van der Waals surface area contributed by atoms with E-state index in [1.54, 1.807) is 7.11 Å². The normalized spacial score (nSPS) is 12.8. The van der Waals surface area contributed by atoms with Crippen molar-refractivity contribution in [2.24, 2.45) is 0 Å². The Balaban J connectivity index is 2.32. The van der Waals surface area contributed by atoms with Gasteiger partial charge in [0.05, 0.1) is 13.7 Å². The molecule has 17 heavy (non-hydrogen) atoms. The quantitative estimate of drug-likeness (QED) is 0.807. The minimum atomic E-state index is -0.992. The highest BCUT2D eigenvalue weighted by molar-refractivity contribution is 5.86. The van der Waals surface area contributed by atoms with Crippen LogP contribution < -0.4 is 9.47 Å². The summed E-state index contributed by atoms with van der Waals surface area (Å²) in [5, 5.41) is 8.83. The molecule has 0 saturated heterocycles. The molecule has 4 heteroatoms. The van der Waals surface area contributed by atoms with Crippen LogP contribution in [0.15, 0.2) is 24.3 Å². The molecule has 0 amide bonds. The SMILES string of the molecule is C=C(Cc1cc2c(cc1OC)CCO2)C(=O)O. The lowest BCUT2D eigenvalue weighted by atomic mass is 10.0. The molecule has 0 aliphatic carbocycles. The van der Waals surface area contributed by atoms with E-state index < -0.39 is 5.97 Å². The highest BCUT2D eigenvalue weighted by Gasteiger charge is 2.17. The minimum Gasteiger partial charge on any atom is -0.496 e. The van der Waals surface area contributed by atoms with Gasteiger partial charge in [-0.25, -0.2) is 4.79 Å². The van der Waals surface area contributed by atoms with Crippen LogP contribution in [0, 0.1) is 0 Å². The van der Waals surface area contributed by atoms with Crippen LogP contribution in [0.5, 0.6) is 11.5 Å². The van der Waals surface area contributed by atoms with Gasteiger partial charge in [-0.1, -0.05) is 6.58 Å². The van der Waals surface area contributed by atoms with E-state index >= 15 is 0 Å². The Kier molecular flexibility index (Phi) is 3.04. The standard InChI is InChI=1S/C13H14O4/c1-8(13(14)15)5-10-7-12-9(3-4-17-12)6-11(10)16-2/h6-7H,1,3-5H2,2H3,(H,14,15). The fourth-order valence-electron chi connectivity index (χ4n) is 1.88. The number of carboxylic acids is 1. The number of hydrogen-bond acceptors (Lipinski definition) is 3. The molecule has 0 unspecified atom stereocenters. The molecule has 0 fully saturated rings. The Bertz CT molecular complexity index is 477. The second-order valence-corrected chi connectivity index (χ2v) is 3.96. The number of fused-ring (bicyclic) bond motifs is 1. The molecule has 0 atom stereocenters. The number of rotatable bonds is 4. The predicted octanol–water partition coefficient (Wildman–Crippen LogP) is 1.81. The average molecular weight is 234 g/mol. The molecule has 0 aromatic heterocycles. The van der Waals surface area contributed by atoms with Gasteiger partial charge in [-0.15, -0.1) is 0 Å². The smallest absolute Gasteiger partial charge is 0.331 e. The summed E-state index contributed by atoms with van der Waals surface area (Å²) in [5.41, 5.74) is 2.04. The summed E-state index contributed by atoms with van der Waals surface area (Å²) in [6.07, 6.45) is 1.13. The average Bonchev–Trinajstić information content (AvgIpc) is 2.74. The number of aliphatic carboxylic acids is 1. The maximum Gasteiger partial charge on any atom is 0.331 e. The monoisotopic (exact) mass is 234 g/mol. The van der Waals surface area contributed by atoms with Crippen molar-refractivity contribution < 1.29 is 19.4 Å². The van der Waals surface area contributed by atoms with E-state index in [0.29, 0.717) is 12.4 Å². The highest BCUT2D eigenvalue weighted by atomic mass is 16.5. The third-order valence-electron chi connectivity index (χ3n) is 2.80.